The van der Waals surface area contributed by atoms with Crippen molar-refractivity contribution >= 4 is 16.7 Å². The van der Waals surface area contributed by atoms with Crippen LogP contribution in [0.3, 0.4) is 0 Å². The van der Waals surface area contributed by atoms with Gasteiger partial charge in [-0.1, -0.05) is 87.7 Å². The van der Waals surface area contributed by atoms with Crippen molar-refractivity contribution < 1.29 is 19.4 Å². The van der Waals surface area contributed by atoms with Gasteiger partial charge in [-0.05, 0) is 64.6 Å². The van der Waals surface area contributed by atoms with Gasteiger partial charge in [0, 0.05) is 12.0 Å². The maximum Gasteiger partial charge on any atom is 0.341 e. The molecule has 4 heteroatoms. The molecule has 4 rings (SSSR count). The molecule has 0 radical (unpaired) electrons. The average molecular weight is 483 g/mol. The Balaban J connectivity index is 1.55. The van der Waals surface area contributed by atoms with E-state index in [4.69, 9.17) is 14.6 Å². The van der Waals surface area contributed by atoms with E-state index in [1.54, 1.807) is 6.07 Å². The fraction of sp³-hybridized carbons (Fsp3) is 0.281. The number of hydrogen-bond donors (Lipinski definition) is 1. The average Bonchev–Trinajstić information content (AvgIpc) is 2.89. The van der Waals surface area contributed by atoms with Crippen molar-refractivity contribution in [1.82, 2.24) is 0 Å². The van der Waals surface area contributed by atoms with Crippen molar-refractivity contribution in [2.75, 3.05) is 6.61 Å². The Hall–Kier alpha value is -3.79. The number of fused-ring (bicyclic) bond motifs is 1. The molecule has 0 saturated carbocycles. The number of aliphatic carboxylic acids is 1. The minimum Gasteiger partial charge on any atom is -0.482 e. The molecule has 0 aliphatic rings. The molecule has 0 bridgehead atoms. The van der Waals surface area contributed by atoms with Crippen LogP contribution in [0.4, 0.5) is 0 Å². The minimum absolute atomic E-state index is 0.388. The summed E-state index contributed by atoms with van der Waals surface area (Å²) in [5.74, 6) is 1.54. The molecule has 1 N–H and O–H groups in total. The van der Waals surface area contributed by atoms with Gasteiger partial charge in [-0.25, -0.2) is 4.79 Å². The van der Waals surface area contributed by atoms with E-state index >= 15 is 0 Å². The molecule has 0 fully saturated rings. The fourth-order valence-corrected chi connectivity index (χ4v) is 4.56. The van der Waals surface area contributed by atoms with Gasteiger partial charge in [-0.15, -0.1) is 0 Å². The molecule has 36 heavy (non-hydrogen) atoms. The highest BCUT2D eigenvalue weighted by Gasteiger charge is 2.12. The second-order valence-electron chi connectivity index (χ2n) is 9.33. The quantitative estimate of drug-likeness (QED) is 0.206. The summed E-state index contributed by atoms with van der Waals surface area (Å²) >= 11 is 0. The lowest BCUT2D eigenvalue weighted by Gasteiger charge is -2.15. The van der Waals surface area contributed by atoms with Gasteiger partial charge in [0.1, 0.15) is 17.2 Å². The number of hydrogen-bond acceptors (Lipinski definition) is 3. The standard InChI is InChI=1S/C32H34O4/c1-3-4-5-9-23(2)24-14-16-28(17-15-24)36-29-18-19-31(35-22-32(33)34)27(21-29)20-26-12-8-11-25-10-6-7-13-30(25)26/h6-8,10-19,21,23H,3-5,9,20,22H2,1-2H3,(H,33,34). The zero-order valence-electron chi connectivity index (χ0n) is 21.1. The first kappa shape index (κ1) is 25.3. The molecule has 0 aliphatic heterocycles. The van der Waals surface area contributed by atoms with Crippen LogP contribution in [-0.4, -0.2) is 17.7 Å². The monoisotopic (exact) mass is 482 g/mol. The van der Waals surface area contributed by atoms with Crippen LogP contribution in [0.2, 0.25) is 0 Å². The maximum atomic E-state index is 11.1. The van der Waals surface area contributed by atoms with Crippen molar-refractivity contribution in [2.45, 2.75) is 51.9 Å². The number of carboxylic acids is 1. The molecule has 0 aliphatic carbocycles. The van der Waals surface area contributed by atoms with E-state index in [1.807, 2.05) is 42.5 Å². The molecule has 0 aromatic heterocycles. The fourth-order valence-electron chi connectivity index (χ4n) is 4.56. The highest BCUT2D eigenvalue weighted by molar-refractivity contribution is 5.86. The van der Waals surface area contributed by atoms with E-state index in [1.165, 1.54) is 42.0 Å². The third-order valence-electron chi connectivity index (χ3n) is 6.57. The molecular weight excluding hydrogens is 448 g/mol. The molecule has 4 aromatic carbocycles. The summed E-state index contributed by atoms with van der Waals surface area (Å²) in [7, 11) is 0. The highest BCUT2D eigenvalue weighted by atomic mass is 16.5. The zero-order valence-corrected chi connectivity index (χ0v) is 21.1. The Kier molecular flexibility index (Phi) is 8.62. The van der Waals surface area contributed by atoms with Crippen molar-refractivity contribution in [3.8, 4) is 17.2 Å². The predicted octanol–water partition coefficient (Wildman–Crippen LogP) is 8.37. The summed E-state index contributed by atoms with van der Waals surface area (Å²) in [6, 6.07) is 28.4. The molecule has 0 spiro atoms. The van der Waals surface area contributed by atoms with Crippen molar-refractivity contribution in [3.63, 3.8) is 0 Å². The van der Waals surface area contributed by atoms with Gasteiger partial charge in [0.25, 0.3) is 0 Å². The van der Waals surface area contributed by atoms with Crippen LogP contribution in [0.1, 0.15) is 62.1 Å². The van der Waals surface area contributed by atoms with Gasteiger partial charge < -0.3 is 14.6 Å². The molecule has 1 atom stereocenters. The van der Waals surface area contributed by atoms with Gasteiger partial charge >= 0.3 is 5.97 Å². The first-order chi connectivity index (χ1) is 17.5. The molecule has 4 aromatic rings. The first-order valence-electron chi connectivity index (χ1n) is 12.8. The first-order valence-corrected chi connectivity index (χ1v) is 12.8. The van der Waals surface area contributed by atoms with Crippen molar-refractivity contribution in [3.05, 3.63) is 102 Å². The van der Waals surface area contributed by atoms with Crippen LogP contribution in [0.5, 0.6) is 17.2 Å². The Labute approximate surface area is 213 Å². The smallest absolute Gasteiger partial charge is 0.341 e. The van der Waals surface area contributed by atoms with Crippen LogP contribution in [0, 0.1) is 0 Å². The molecule has 0 heterocycles. The van der Waals surface area contributed by atoms with E-state index in [9.17, 15) is 4.79 Å². The molecular formula is C32H34O4. The van der Waals surface area contributed by atoms with E-state index < -0.39 is 5.97 Å². The number of carbonyl (C=O) groups is 1. The van der Waals surface area contributed by atoms with Crippen LogP contribution < -0.4 is 9.47 Å². The Bertz CT molecular complexity index is 1290. The van der Waals surface area contributed by atoms with Crippen LogP contribution in [0.25, 0.3) is 10.8 Å². The van der Waals surface area contributed by atoms with E-state index in [0.717, 1.165) is 16.9 Å². The minimum atomic E-state index is -1.00. The van der Waals surface area contributed by atoms with E-state index in [2.05, 4.69) is 50.2 Å². The van der Waals surface area contributed by atoms with Gasteiger partial charge in [0.2, 0.25) is 0 Å². The number of ether oxygens (including phenoxy) is 2. The second kappa shape index (κ2) is 12.3. The predicted molar refractivity (Wildman–Crippen MR) is 145 cm³/mol. The summed E-state index contributed by atoms with van der Waals surface area (Å²) < 4.78 is 11.8. The van der Waals surface area contributed by atoms with Gasteiger partial charge in [0.15, 0.2) is 6.61 Å². The molecule has 1 unspecified atom stereocenters. The topological polar surface area (TPSA) is 55.8 Å². The second-order valence-corrected chi connectivity index (χ2v) is 9.33. The lowest BCUT2D eigenvalue weighted by atomic mass is 9.95. The molecule has 0 saturated heterocycles. The summed E-state index contributed by atoms with van der Waals surface area (Å²) in [4.78, 5) is 11.1. The third-order valence-corrected chi connectivity index (χ3v) is 6.57. The zero-order chi connectivity index (χ0) is 25.3. The highest BCUT2D eigenvalue weighted by Crippen LogP contribution is 2.32. The third kappa shape index (κ3) is 6.66. The number of rotatable bonds is 12. The van der Waals surface area contributed by atoms with Crippen LogP contribution >= 0.6 is 0 Å². The lowest BCUT2D eigenvalue weighted by molar-refractivity contribution is -0.139. The van der Waals surface area contributed by atoms with Gasteiger partial charge in [-0.3, -0.25) is 0 Å². The van der Waals surface area contributed by atoms with Gasteiger partial charge in [-0.2, -0.15) is 0 Å². The van der Waals surface area contributed by atoms with E-state index in [0.29, 0.717) is 23.8 Å². The Morgan fingerprint density at radius 3 is 2.39 bits per heavy atom. The summed E-state index contributed by atoms with van der Waals surface area (Å²) in [5, 5.41) is 11.5. The van der Waals surface area contributed by atoms with Gasteiger partial charge in [0.05, 0.1) is 0 Å². The summed E-state index contributed by atoms with van der Waals surface area (Å²) in [5.41, 5.74) is 3.35. The van der Waals surface area contributed by atoms with Crippen molar-refractivity contribution in [1.29, 1.82) is 0 Å². The number of unbranched alkanes of at least 4 members (excludes halogenated alkanes) is 2. The van der Waals surface area contributed by atoms with E-state index in [-0.39, 0.29) is 6.61 Å². The molecule has 4 nitrogen and oxygen atoms in total. The Morgan fingerprint density at radius 2 is 1.61 bits per heavy atom. The summed E-state index contributed by atoms with van der Waals surface area (Å²) in [6.07, 6.45) is 5.57. The van der Waals surface area contributed by atoms with Crippen LogP contribution in [0.15, 0.2) is 84.9 Å². The summed E-state index contributed by atoms with van der Waals surface area (Å²) in [6.45, 7) is 4.12. The molecule has 186 valence electrons. The maximum absolute atomic E-state index is 11.1. The molecule has 0 amide bonds. The van der Waals surface area contributed by atoms with Crippen molar-refractivity contribution in [2.24, 2.45) is 0 Å². The number of carboxylic acid groups (broad SMARTS) is 1. The van der Waals surface area contributed by atoms with Crippen LogP contribution in [-0.2, 0) is 11.2 Å². The SMILES string of the molecule is CCCCCC(C)c1ccc(Oc2ccc(OCC(=O)O)c(Cc3cccc4ccccc34)c2)cc1. The largest absolute Gasteiger partial charge is 0.482 e. The Morgan fingerprint density at radius 1 is 0.861 bits per heavy atom. The lowest BCUT2D eigenvalue weighted by Crippen LogP contribution is -2.10. The normalized spacial score (nSPS) is 11.8. The number of benzene rings is 4.